The zero-order valence-electron chi connectivity index (χ0n) is 17.4. The summed E-state index contributed by atoms with van der Waals surface area (Å²) in [4.78, 5) is 26.5. The summed E-state index contributed by atoms with van der Waals surface area (Å²) < 4.78 is 5.14. The predicted octanol–water partition coefficient (Wildman–Crippen LogP) is 3.60. The van der Waals surface area contributed by atoms with E-state index in [2.05, 4.69) is 31.2 Å². The molecule has 4 heterocycles. The molecular formula is C24H25N5O2. The average Bonchev–Trinajstić information content (AvgIpc) is 3.09. The van der Waals surface area contributed by atoms with E-state index in [1.807, 2.05) is 30.5 Å². The number of carbonyl (C=O) groups excluding carboxylic acids is 1. The molecule has 5 rings (SSSR count). The first-order chi connectivity index (χ1) is 15.2. The first-order valence-corrected chi connectivity index (χ1v) is 10.6. The Hall–Kier alpha value is -3.61. The molecule has 2 unspecified atom stereocenters. The first kappa shape index (κ1) is 19.4. The third-order valence-corrected chi connectivity index (χ3v) is 6.08. The number of benzene rings is 1. The van der Waals surface area contributed by atoms with Crippen LogP contribution in [0.5, 0.6) is 5.75 Å². The lowest BCUT2D eigenvalue weighted by atomic mass is 10.1. The fourth-order valence-corrected chi connectivity index (χ4v) is 4.56. The number of anilines is 3. The number of methoxy groups -OCH3 is 1. The summed E-state index contributed by atoms with van der Waals surface area (Å²) >= 11 is 0. The zero-order chi connectivity index (χ0) is 21.2. The third kappa shape index (κ3) is 3.91. The average molecular weight is 415 g/mol. The molecular weight excluding hydrogens is 390 g/mol. The minimum Gasteiger partial charge on any atom is -0.497 e. The second-order valence-electron chi connectivity index (χ2n) is 7.97. The van der Waals surface area contributed by atoms with Gasteiger partial charge in [0.25, 0.3) is 5.91 Å². The Morgan fingerprint density at radius 2 is 1.74 bits per heavy atom. The number of rotatable bonds is 5. The van der Waals surface area contributed by atoms with Gasteiger partial charge in [-0.05, 0) is 61.4 Å². The van der Waals surface area contributed by atoms with Crippen molar-refractivity contribution in [1.82, 2.24) is 9.97 Å². The van der Waals surface area contributed by atoms with Crippen LogP contribution in [0.15, 0.2) is 67.0 Å². The molecule has 1 amide bonds. The monoisotopic (exact) mass is 415 g/mol. The summed E-state index contributed by atoms with van der Waals surface area (Å²) in [6.45, 7) is 1.90. The molecule has 2 aromatic heterocycles. The van der Waals surface area contributed by atoms with Gasteiger partial charge in [0.15, 0.2) is 0 Å². The Labute approximate surface area is 181 Å². The van der Waals surface area contributed by atoms with Crippen LogP contribution in [-0.2, 0) is 0 Å². The summed E-state index contributed by atoms with van der Waals surface area (Å²) in [6, 6.07) is 17.9. The van der Waals surface area contributed by atoms with Crippen LogP contribution < -0.4 is 19.9 Å². The number of carbonyl (C=O) groups is 1. The maximum Gasteiger partial charge on any atom is 0.255 e. The zero-order valence-corrected chi connectivity index (χ0v) is 17.4. The predicted molar refractivity (Wildman–Crippen MR) is 121 cm³/mol. The minimum atomic E-state index is -0.166. The molecule has 0 radical (unpaired) electrons. The highest BCUT2D eigenvalue weighted by atomic mass is 16.5. The van der Waals surface area contributed by atoms with Crippen molar-refractivity contribution in [3.63, 3.8) is 0 Å². The summed E-state index contributed by atoms with van der Waals surface area (Å²) in [5.41, 5.74) is 1.26. The number of ether oxygens (including phenoxy) is 1. The molecule has 0 spiro atoms. The third-order valence-electron chi connectivity index (χ3n) is 6.08. The van der Waals surface area contributed by atoms with Crippen LogP contribution in [0.25, 0.3) is 0 Å². The molecule has 7 nitrogen and oxygen atoms in total. The lowest BCUT2D eigenvalue weighted by molar-refractivity contribution is 0.102. The molecule has 1 aromatic carbocycles. The molecule has 0 saturated carbocycles. The van der Waals surface area contributed by atoms with Crippen LogP contribution in [0, 0.1) is 0 Å². The van der Waals surface area contributed by atoms with E-state index in [0.29, 0.717) is 23.3 Å². The number of nitrogens with one attached hydrogen (secondary N) is 1. The van der Waals surface area contributed by atoms with Crippen LogP contribution in [-0.4, -0.2) is 48.2 Å². The fraction of sp³-hybridized carbons (Fsp3) is 0.292. The molecule has 31 heavy (non-hydrogen) atoms. The second-order valence-corrected chi connectivity index (χ2v) is 7.97. The van der Waals surface area contributed by atoms with E-state index in [0.717, 1.165) is 43.3 Å². The van der Waals surface area contributed by atoms with Gasteiger partial charge in [-0.1, -0.05) is 6.07 Å². The van der Waals surface area contributed by atoms with Gasteiger partial charge in [-0.25, -0.2) is 9.97 Å². The number of amides is 1. The van der Waals surface area contributed by atoms with Gasteiger partial charge >= 0.3 is 0 Å². The Bertz CT molecular complexity index is 1030. The van der Waals surface area contributed by atoms with Crippen LogP contribution >= 0.6 is 0 Å². The summed E-state index contributed by atoms with van der Waals surface area (Å²) in [6.07, 6.45) is 5.91. The largest absolute Gasteiger partial charge is 0.497 e. The summed E-state index contributed by atoms with van der Waals surface area (Å²) in [5, 5.41) is 2.92. The van der Waals surface area contributed by atoms with Crippen LogP contribution in [0.4, 0.5) is 17.3 Å². The Morgan fingerprint density at radius 1 is 0.968 bits per heavy atom. The number of fused-ring (bicyclic) bond motifs is 2. The van der Waals surface area contributed by atoms with Crippen molar-refractivity contribution < 1.29 is 9.53 Å². The molecule has 2 atom stereocenters. The lowest BCUT2D eigenvalue weighted by Crippen LogP contribution is -2.54. The van der Waals surface area contributed by atoms with Crippen molar-refractivity contribution in [2.24, 2.45) is 0 Å². The maximum absolute atomic E-state index is 12.5. The van der Waals surface area contributed by atoms with E-state index in [1.165, 1.54) is 0 Å². The molecule has 7 heteroatoms. The molecule has 158 valence electrons. The number of hydrogen-bond donors (Lipinski definition) is 1. The topological polar surface area (TPSA) is 70.6 Å². The van der Waals surface area contributed by atoms with Crippen molar-refractivity contribution >= 4 is 23.2 Å². The minimum absolute atomic E-state index is 0.166. The highest BCUT2D eigenvalue weighted by Gasteiger charge is 2.40. The molecule has 0 aliphatic carbocycles. The van der Waals surface area contributed by atoms with Crippen molar-refractivity contribution in [2.45, 2.75) is 24.9 Å². The van der Waals surface area contributed by atoms with Gasteiger partial charge in [0.1, 0.15) is 17.4 Å². The van der Waals surface area contributed by atoms with Gasteiger partial charge in [0.2, 0.25) is 0 Å². The van der Waals surface area contributed by atoms with Gasteiger partial charge in [0.05, 0.1) is 19.0 Å². The van der Waals surface area contributed by atoms with Crippen LogP contribution in [0.3, 0.4) is 0 Å². The van der Waals surface area contributed by atoms with Crippen molar-refractivity contribution in [3.05, 3.63) is 72.6 Å². The molecule has 1 N–H and O–H groups in total. The Kier molecular flexibility index (Phi) is 5.16. The van der Waals surface area contributed by atoms with Crippen LogP contribution in [0.2, 0.25) is 0 Å². The fourth-order valence-electron chi connectivity index (χ4n) is 4.56. The molecule has 2 fully saturated rings. The highest BCUT2D eigenvalue weighted by Crippen LogP contribution is 2.35. The van der Waals surface area contributed by atoms with E-state index >= 15 is 0 Å². The quantitative estimate of drug-likeness (QED) is 0.687. The molecule has 2 aliphatic rings. The van der Waals surface area contributed by atoms with E-state index in [1.54, 1.807) is 37.6 Å². The van der Waals surface area contributed by atoms with Gasteiger partial charge in [0, 0.05) is 36.9 Å². The number of nitrogens with zero attached hydrogens (tertiary/aromatic N) is 4. The standard InChI is InChI=1S/C24H25N5O2/c1-31-21-10-5-17(6-11-21)24(30)27-18-7-12-23(26-14-18)29-19-8-9-20(29)16-28(15-19)22-4-2-3-13-25-22/h2-7,10-14,19-20H,8-9,15-16H2,1H3,(H,27,30). The molecule has 2 bridgehead atoms. The molecule has 2 aliphatic heterocycles. The normalized spacial score (nSPS) is 19.9. The van der Waals surface area contributed by atoms with Crippen molar-refractivity contribution in [2.75, 3.05) is 35.3 Å². The number of hydrogen-bond acceptors (Lipinski definition) is 6. The second kappa shape index (κ2) is 8.26. The molecule has 2 saturated heterocycles. The SMILES string of the molecule is COc1ccc(C(=O)Nc2ccc(N3C4CCC3CN(c3ccccn3)C4)nc2)cc1. The van der Waals surface area contributed by atoms with E-state index in [9.17, 15) is 4.79 Å². The highest BCUT2D eigenvalue weighted by molar-refractivity contribution is 6.04. The van der Waals surface area contributed by atoms with Crippen LogP contribution in [0.1, 0.15) is 23.2 Å². The van der Waals surface area contributed by atoms with E-state index < -0.39 is 0 Å². The number of piperazine rings is 1. The van der Waals surface area contributed by atoms with E-state index in [-0.39, 0.29) is 5.91 Å². The lowest BCUT2D eigenvalue weighted by Gasteiger charge is -2.42. The Morgan fingerprint density at radius 3 is 2.35 bits per heavy atom. The number of pyridine rings is 2. The van der Waals surface area contributed by atoms with Gasteiger partial charge in [-0.15, -0.1) is 0 Å². The number of aromatic nitrogens is 2. The summed E-state index contributed by atoms with van der Waals surface area (Å²) in [5.74, 6) is 2.57. The molecule has 3 aromatic rings. The first-order valence-electron chi connectivity index (χ1n) is 10.6. The van der Waals surface area contributed by atoms with E-state index in [4.69, 9.17) is 4.74 Å². The van der Waals surface area contributed by atoms with Gasteiger partial charge in [-0.3, -0.25) is 4.79 Å². The van der Waals surface area contributed by atoms with Crippen molar-refractivity contribution in [1.29, 1.82) is 0 Å². The van der Waals surface area contributed by atoms with Crippen molar-refractivity contribution in [3.8, 4) is 5.75 Å². The van der Waals surface area contributed by atoms with Gasteiger partial charge in [-0.2, -0.15) is 0 Å². The Balaban J connectivity index is 1.25. The van der Waals surface area contributed by atoms with Gasteiger partial charge < -0.3 is 19.9 Å². The maximum atomic E-state index is 12.5. The smallest absolute Gasteiger partial charge is 0.255 e. The summed E-state index contributed by atoms with van der Waals surface area (Å²) in [7, 11) is 1.60.